The number of nitrogens with one attached hydrogen (secondary N) is 2. The zero-order valence-electron chi connectivity index (χ0n) is 12.4. The van der Waals surface area contributed by atoms with Crippen LogP contribution in [0.3, 0.4) is 0 Å². The van der Waals surface area contributed by atoms with Crippen LogP contribution >= 0.6 is 0 Å². The highest BCUT2D eigenvalue weighted by atomic mass is 16.5. The SMILES string of the molecule is CCOC(=O)c1[nH]c(C)c(C(=O)OCC(=O)NC(N)=O)c1C. The summed E-state index contributed by atoms with van der Waals surface area (Å²) in [6.07, 6.45) is 0. The lowest BCUT2D eigenvalue weighted by Gasteiger charge is -2.05. The minimum Gasteiger partial charge on any atom is -0.461 e. The van der Waals surface area contributed by atoms with E-state index >= 15 is 0 Å². The van der Waals surface area contributed by atoms with Crippen molar-refractivity contribution in [2.75, 3.05) is 13.2 Å². The van der Waals surface area contributed by atoms with Gasteiger partial charge in [-0.3, -0.25) is 10.1 Å². The van der Waals surface area contributed by atoms with Crippen molar-refractivity contribution in [3.63, 3.8) is 0 Å². The van der Waals surface area contributed by atoms with E-state index in [4.69, 9.17) is 15.2 Å². The largest absolute Gasteiger partial charge is 0.461 e. The molecule has 0 saturated heterocycles. The maximum atomic E-state index is 12.0. The fourth-order valence-electron chi connectivity index (χ4n) is 1.84. The van der Waals surface area contributed by atoms with Gasteiger partial charge in [0.15, 0.2) is 6.61 Å². The van der Waals surface area contributed by atoms with Crippen LogP contribution in [0, 0.1) is 13.8 Å². The highest BCUT2D eigenvalue weighted by Crippen LogP contribution is 2.19. The average Bonchev–Trinajstić information content (AvgIpc) is 2.71. The van der Waals surface area contributed by atoms with Gasteiger partial charge in [-0.15, -0.1) is 0 Å². The predicted octanol–water partition coefficient (Wildman–Crippen LogP) is 0.160. The molecule has 0 radical (unpaired) electrons. The number of carbonyl (C=O) groups is 4. The van der Waals surface area contributed by atoms with Crippen molar-refractivity contribution in [2.45, 2.75) is 20.8 Å². The molecule has 0 unspecified atom stereocenters. The fourth-order valence-corrected chi connectivity index (χ4v) is 1.84. The molecule has 0 spiro atoms. The van der Waals surface area contributed by atoms with Gasteiger partial charge in [0.25, 0.3) is 5.91 Å². The Bertz CT molecular complexity index is 620. The van der Waals surface area contributed by atoms with Crippen molar-refractivity contribution in [1.82, 2.24) is 10.3 Å². The molecule has 1 aromatic rings. The van der Waals surface area contributed by atoms with E-state index in [2.05, 4.69) is 4.98 Å². The van der Waals surface area contributed by atoms with Crippen LogP contribution < -0.4 is 11.1 Å². The van der Waals surface area contributed by atoms with Crippen LogP contribution in [-0.2, 0) is 14.3 Å². The highest BCUT2D eigenvalue weighted by molar-refractivity contribution is 6.00. The number of aromatic amines is 1. The smallest absolute Gasteiger partial charge is 0.355 e. The van der Waals surface area contributed by atoms with Crippen LogP contribution in [-0.4, -0.2) is 42.1 Å². The first-order chi connectivity index (χ1) is 10.3. The molecule has 3 amide bonds. The number of nitrogens with two attached hydrogens (primary N) is 1. The van der Waals surface area contributed by atoms with Crippen LogP contribution in [0.4, 0.5) is 4.79 Å². The van der Waals surface area contributed by atoms with Crippen molar-refractivity contribution in [3.05, 3.63) is 22.5 Å². The maximum absolute atomic E-state index is 12.0. The van der Waals surface area contributed by atoms with Crippen LogP contribution in [0.15, 0.2) is 0 Å². The van der Waals surface area contributed by atoms with E-state index in [9.17, 15) is 19.2 Å². The first kappa shape index (κ1) is 17.2. The Kier molecular flexibility index (Phi) is 5.67. The van der Waals surface area contributed by atoms with Crippen molar-refractivity contribution in [2.24, 2.45) is 5.73 Å². The van der Waals surface area contributed by atoms with Crippen molar-refractivity contribution >= 4 is 23.9 Å². The number of rotatable bonds is 5. The summed E-state index contributed by atoms with van der Waals surface area (Å²) in [6, 6.07) is -1.04. The quantitative estimate of drug-likeness (QED) is 0.661. The van der Waals surface area contributed by atoms with Gasteiger partial charge in [-0.05, 0) is 26.3 Å². The molecule has 120 valence electrons. The first-order valence-corrected chi connectivity index (χ1v) is 6.40. The summed E-state index contributed by atoms with van der Waals surface area (Å²) in [6.45, 7) is 4.32. The van der Waals surface area contributed by atoms with Gasteiger partial charge in [-0.1, -0.05) is 0 Å². The molecule has 0 fully saturated rings. The third kappa shape index (κ3) is 4.08. The monoisotopic (exact) mass is 311 g/mol. The molecule has 9 heteroatoms. The maximum Gasteiger partial charge on any atom is 0.355 e. The third-order valence-corrected chi connectivity index (χ3v) is 2.72. The van der Waals surface area contributed by atoms with E-state index in [-0.39, 0.29) is 17.9 Å². The van der Waals surface area contributed by atoms with Crippen LogP contribution in [0.25, 0.3) is 0 Å². The Balaban J connectivity index is 2.84. The molecule has 0 aromatic carbocycles. The highest BCUT2D eigenvalue weighted by Gasteiger charge is 2.24. The summed E-state index contributed by atoms with van der Waals surface area (Å²) in [5.74, 6) is -2.24. The van der Waals surface area contributed by atoms with Gasteiger partial charge in [0, 0.05) is 5.69 Å². The van der Waals surface area contributed by atoms with E-state index < -0.39 is 30.5 Å². The molecule has 9 nitrogen and oxygen atoms in total. The summed E-state index contributed by atoms with van der Waals surface area (Å²) >= 11 is 0. The number of primary amides is 1. The number of esters is 2. The molecule has 0 saturated carbocycles. The second kappa shape index (κ2) is 7.25. The zero-order valence-corrected chi connectivity index (χ0v) is 12.4. The average molecular weight is 311 g/mol. The van der Waals surface area contributed by atoms with Gasteiger partial charge in [0.1, 0.15) is 5.69 Å². The normalized spacial score (nSPS) is 9.95. The molecule has 1 aromatic heterocycles. The standard InChI is InChI=1S/C13H17N3O6/c1-4-21-12(19)10-6(2)9(7(3)15-10)11(18)22-5-8(17)16-13(14)20/h15H,4-5H2,1-3H3,(H3,14,16,17,20). The Labute approximate surface area is 126 Å². The Hall–Kier alpha value is -2.84. The third-order valence-electron chi connectivity index (χ3n) is 2.72. The molecule has 1 heterocycles. The fraction of sp³-hybridized carbons (Fsp3) is 0.385. The lowest BCUT2D eigenvalue weighted by atomic mass is 10.1. The number of ether oxygens (including phenoxy) is 2. The van der Waals surface area contributed by atoms with E-state index in [1.54, 1.807) is 26.1 Å². The summed E-state index contributed by atoms with van der Waals surface area (Å²) in [5.41, 5.74) is 5.80. The number of carbonyl (C=O) groups excluding carboxylic acids is 4. The van der Waals surface area contributed by atoms with Gasteiger partial charge in [0.2, 0.25) is 0 Å². The molecular formula is C13H17N3O6. The van der Waals surface area contributed by atoms with Crippen LogP contribution in [0.1, 0.15) is 39.0 Å². The molecule has 22 heavy (non-hydrogen) atoms. The van der Waals surface area contributed by atoms with Crippen molar-refractivity contribution in [3.8, 4) is 0 Å². The molecule has 0 aliphatic carbocycles. The first-order valence-electron chi connectivity index (χ1n) is 6.40. The second-order valence-electron chi connectivity index (χ2n) is 4.33. The zero-order chi connectivity index (χ0) is 16.9. The Morgan fingerprint density at radius 3 is 2.32 bits per heavy atom. The lowest BCUT2D eigenvalue weighted by Crippen LogP contribution is -2.37. The van der Waals surface area contributed by atoms with E-state index in [1.807, 2.05) is 0 Å². The predicted molar refractivity (Wildman–Crippen MR) is 74.2 cm³/mol. The van der Waals surface area contributed by atoms with Gasteiger partial charge in [-0.2, -0.15) is 0 Å². The van der Waals surface area contributed by atoms with Gasteiger partial charge in [0.05, 0.1) is 12.2 Å². The van der Waals surface area contributed by atoms with E-state index in [0.29, 0.717) is 11.3 Å². The second-order valence-corrected chi connectivity index (χ2v) is 4.33. The number of urea groups is 1. The summed E-state index contributed by atoms with van der Waals surface area (Å²) in [5, 5.41) is 1.76. The van der Waals surface area contributed by atoms with Gasteiger partial charge < -0.3 is 20.2 Å². The molecule has 0 aliphatic heterocycles. The number of imide groups is 1. The molecule has 4 N–H and O–H groups in total. The number of hydrogen-bond acceptors (Lipinski definition) is 6. The number of H-pyrrole nitrogens is 1. The minimum absolute atomic E-state index is 0.134. The number of aromatic nitrogens is 1. The molecule has 0 atom stereocenters. The van der Waals surface area contributed by atoms with Gasteiger partial charge in [-0.25, -0.2) is 14.4 Å². The Morgan fingerprint density at radius 2 is 1.77 bits per heavy atom. The summed E-state index contributed by atoms with van der Waals surface area (Å²) in [4.78, 5) is 48.1. The minimum atomic E-state index is -1.04. The Morgan fingerprint density at radius 1 is 1.14 bits per heavy atom. The van der Waals surface area contributed by atoms with Crippen LogP contribution in [0.5, 0.6) is 0 Å². The van der Waals surface area contributed by atoms with E-state index in [0.717, 1.165) is 0 Å². The number of amides is 3. The number of aryl methyl sites for hydroxylation is 1. The molecular weight excluding hydrogens is 294 g/mol. The summed E-state index contributed by atoms with van der Waals surface area (Å²) in [7, 11) is 0. The van der Waals surface area contributed by atoms with Crippen molar-refractivity contribution in [1.29, 1.82) is 0 Å². The van der Waals surface area contributed by atoms with Crippen LogP contribution in [0.2, 0.25) is 0 Å². The molecule has 1 rings (SSSR count). The molecule has 0 bridgehead atoms. The number of hydrogen-bond donors (Lipinski definition) is 3. The van der Waals surface area contributed by atoms with Crippen molar-refractivity contribution < 1.29 is 28.7 Å². The topological polar surface area (TPSA) is 141 Å². The summed E-state index contributed by atoms with van der Waals surface area (Å²) < 4.78 is 9.64. The lowest BCUT2D eigenvalue weighted by molar-refractivity contribution is -0.123. The van der Waals surface area contributed by atoms with E-state index in [1.165, 1.54) is 0 Å². The molecule has 0 aliphatic rings. The van der Waals surface area contributed by atoms with Gasteiger partial charge >= 0.3 is 18.0 Å².